The van der Waals surface area contributed by atoms with Crippen LogP contribution in [0.5, 0.6) is 0 Å². The van der Waals surface area contributed by atoms with E-state index >= 15 is 0 Å². The van der Waals surface area contributed by atoms with Crippen molar-refractivity contribution < 1.29 is 0 Å². The van der Waals surface area contributed by atoms with Crippen LogP contribution in [0.15, 0.2) is 30.0 Å². The Labute approximate surface area is 338 Å². The van der Waals surface area contributed by atoms with Gasteiger partial charge in [0.05, 0.1) is 38.7 Å². The molecule has 2 aromatic carbocycles. The average Bonchev–Trinajstić information content (AvgIpc) is 3.96. The monoisotopic (exact) mass is 994 g/mol. The van der Waals surface area contributed by atoms with Gasteiger partial charge in [-0.15, -0.1) is 22.7 Å². The predicted octanol–water partition coefficient (Wildman–Crippen LogP) is 13.9. The van der Waals surface area contributed by atoms with E-state index in [1.165, 1.54) is 82.9 Å². The van der Waals surface area contributed by atoms with E-state index in [0.717, 1.165) is 109 Å². The maximum atomic E-state index is 5.08. The number of aryl methyl sites for hydroxylation is 2. The molecular weight excluding hydrogens is 968 g/mol. The van der Waals surface area contributed by atoms with Crippen molar-refractivity contribution in [2.75, 3.05) is 0 Å². The van der Waals surface area contributed by atoms with Crippen LogP contribution >= 0.6 is 110 Å². The molecule has 0 aliphatic heterocycles. The highest BCUT2D eigenvalue weighted by atomic mass is 79.9. The van der Waals surface area contributed by atoms with Crippen LogP contribution in [0.4, 0.5) is 0 Å². The second-order valence-corrected chi connectivity index (χ2v) is 18.7. The number of nitrogens with one attached hydrogen (secondary N) is 2. The SMILES string of the molecule is CCCCCCc1cc(-c2nc3c(Br)c4ns[nH]c4c(Br)c3n2)sc1-c1sc(-c2nc3c(Br)c4ns[nH]c4c(Br)c3n2)cc1CCCCCC. The number of nitrogens with zero attached hydrogens (tertiary/aromatic N) is 6. The summed E-state index contributed by atoms with van der Waals surface area (Å²) in [5, 5.41) is 0. The lowest BCUT2D eigenvalue weighted by atomic mass is 10.0. The summed E-state index contributed by atoms with van der Waals surface area (Å²) >= 11 is 21.4. The van der Waals surface area contributed by atoms with Gasteiger partial charge < -0.3 is 0 Å². The molecule has 0 aliphatic carbocycles. The minimum atomic E-state index is 0.746. The molecule has 0 saturated carbocycles. The molecule has 0 amide bonds. The van der Waals surface area contributed by atoms with Crippen LogP contribution in [0.1, 0.15) is 76.3 Å². The number of H-pyrrole nitrogens is 2. The molecule has 0 atom stereocenters. The molecule has 16 heteroatoms. The Morgan fingerprint density at radius 3 is 1.32 bits per heavy atom. The average molecular weight is 999 g/mol. The van der Waals surface area contributed by atoms with Gasteiger partial charge >= 0.3 is 0 Å². The Bertz CT molecular complexity index is 2220. The van der Waals surface area contributed by atoms with E-state index in [9.17, 15) is 0 Å². The number of aromatic amines is 2. The second-order valence-electron chi connectivity index (χ2n) is 12.3. The summed E-state index contributed by atoms with van der Waals surface area (Å²) in [4.78, 5) is 25.1. The predicted molar refractivity (Wildman–Crippen MR) is 226 cm³/mol. The first-order chi connectivity index (χ1) is 24.4. The number of unbranched alkanes of at least 4 members (excludes halogenated alkanes) is 6. The number of hydrogen-bond donors (Lipinski definition) is 2. The van der Waals surface area contributed by atoms with Gasteiger partial charge in [0.1, 0.15) is 33.1 Å². The number of benzene rings is 2. The molecule has 0 unspecified atom stereocenters. The van der Waals surface area contributed by atoms with E-state index in [2.05, 4.69) is 107 Å². The zero-order chi connectivity index (χ0) is 34.5. The Morgan fingerprint density at radius 1 is 0.520 bits per heavy atom. The number of fused-ring (bicyclic) bond motifs is 4. The molecule has 0 radical (unpaired) electrons. The largest absolute Gasteiger partial charge is 0.292 e. The van der Waals surface area contributed by atoms with Gasteiger partial charge in [-0.25, -0.2) is 19.9 Å². The molecule has 50 heavy (non-hydrogen) atoms. The summed E-state index contributed by atoms with van der Waals surface area (Å²) in [5.41, 5.74) is 9.61. The maximum absolute atomic E-state index is 5.08. The molecule has 0 bridgehead atoms. The fourth-order valence-electron chi connectivity index (χ4n) is 6.31. The standard InChI is InChI=1S/C34H30Br4N8S4/c1-3-5-7-9-11-15-13-17(33-39-23-19(35)27-28(44-49-43-27)20(36)24(23)40-33)47-31(15)32-16(12-10-8-6-4-2)14-18(48-32)34-41-25-21(37)29-30(46-50-45-29)22(38)26(25)42-34/h13-14,43,45H,3-12H2,1-2H3. The van der Waals surface area contributed by atoms with Crippen molar-refractivity contribution in [3.05, 3.63) is 41.2 Å². The van der Waals surface area contributed by atoms with Gasteiger partial charge in [0, 0.05) is 33.2 Å². The van der Waals surface area contributed by atoms with Gasteiger partial charge in [0.25, 0.3) is 0 Å². The van der Waals surface area contributed by atoms with Crippen molar-refractivity contribution in [3.8, 4) is 31.2 Å². The van der Waals surface area contributed by atoms with Gasteiger partial charge in [-0.1, -0.05) is 52.4 Å². The Kier molecular flexibility index (Phi) is 10.6. The van der Waals surface area contributed by atoms with E-state index in [4.69, 9.17) is 19.9 Å². The molecular formula is C34H30Br4N8S4. The summed E-state index contributed by atoms with van der Waals surface area (Å²) in [5.74, 6) is 1.49. The molecule has 8 rings (SSSR count). The van der Waals surface area contributed by atoms with Gasteiger partial charge in [0.2, 0.25) is 0 Å². The molecule has 8 nitrogen and oxygen atoms in total. The smallest absolute Gasteiger partial charge is 0.170 e. The highest BCUT2D eigenvalue weighted by Crippen LogP contribution is 2.48. The molecule has 0 spiro atoms. The van der Waals surface area contributed by atoms with Gasteiger partial charge in [-0.3, -0.25) is 8.75 Å². The normalized spacial score (nSPS) is 12.2. The zero-order valence-corrected chi connectivity index (χ0v) is 36.7. The number of rotatable bonds is 13. The summed E-state index contributed by atoms with van der Waals surface area (Å²) in [6, 6.07) is 4.68. The Hall–Kier alpha value is -1.66. The number of halogens is 4. The Balaban J connectivity index is 1.25. The van der Waals surface area contributed by atoms with E-state index in [1.807, 2.05) is 22.7 Å². The van der Waals surface area contributed by atoms with Crippen LogP contribution in [0.2, 0.25) is 0 Å². The highest BCUT2D eigenvalue weighted by Gasteiger charge is 2.25. The van der Waals surface area contributed by atoms with E-state index in [0.29, 0.717) is 0 Å². The van der Waals surface area contributed by atoms with Crippen molar-refractivity contribution >= 4 is 154 Å². The number of hydrogen-bond acceptors (Lipinski definition) is 10. The summed E-state index contributed by atoms with van der Waals surface area (Å²) < 4.78 is 19.2. The lowest BCUT2D eigenvalue weighted by molar-refractivity contribution is 0.666. The number of thiophene rings is 2. The van der Waals surface area contributed by atoms with Crippen LogP contribution in [0, 0.1) is 0 Å². The lowest BCUT2D eigenvalue weighted by Crippen LogP contribution is -1.89. The maximum Gasteiger partial charge on any atom is 0.170 e. The van der Waals surface area contributed by atoms with Crippen molar-refractivity contribution in [2.24, 2.45) is 0 Å². The third-order valence-electron chi connectivity index (χ3n) is 8.91. The Morgan fingerprint density at radius 2 is 0.920 bits per heavy atom. The molecule has 2 N–H and O–H groups in total. The van der Waals surface area contributed by atoms with Gasteiger partial charge in [-0.2, -0.15) is 8.75 Å². The third-order valence-corrected chi connectivity index (χ3v) is 15.6. The quantitative estimate of drug-likeness (QED) is 0.111. The molecule has 258 valence electrons. The van der Waals surface area contributed by atoms with Crippen LogP contribution in [-0.2, 0) is 12.8 Å². The minimum absolute atomic E-state index is 0.746. The van der Waals surface area contributed by atoms with Crippen LogP contribution in [0.25, 0.3) is 75.3 Å². The first kappa shape index (κ1) is 35.4. The van der Waals surface area contributed by atoms with Crippen molar-refractivity contribution in [2.45, 2.75) is 78.1 Å². The fraction of sp³-hybridized carbons (Fsp3) is 0.353. The molecule has 0 aliphatic rings. The number of aromatic nitrogens is 8. The highest BCUT2D eigenvalue weighted by molar-refractivity contribution is 9.11. The minimum Gasteiger partial charge on any atom is -0.292 e. The van der Waals surface area contributed by atoms with E-state index in [1.54, 1.807) is 0 Å². The van der Waals surface area contributed by atoms with Gasteiger partial charge in [-0.05, 0) is 113 Å². The third kappa shape index (κ3) is 6.36. The van der Waals surface area contributed by atoms with Crippen molar-refractivity contribution in [1.82, 2.24) is 37.4 Å². The molecule has 0 fully saturated rings. The van der Waals surface area contributed by atoms with Crippen LogP contribution in [0.3, 0.4) is 0 Å². The fourth-order valence-corrected chi connectivity index (χ4v) is 12.8. The zero-order valence-electron chi connectivity index (χ0n) is 27.1. The molecule has 6 heterocycles. The second kappa shape index (κ2) is 15.0. The summed E-state index contributed by atoms with van der Waals surface area (Å²) in [6.45, 7) is 4.53. The number of imidazole rings is 2. The summed E-state index contributed by atoms with van der Waals surface area (Å²) in [7, 11) is 0. The first-order valence-electron chi connectivity index (χ1n) is 16.6. The van der Waals surface area contributed by atoms with Crippen LogP contribution in [-0.4, -0.2) is 37.4 Å². The van der Waals surface area contributed by atoms with Crippen molar-refractivity contribution in [3.63, 3.8) is 0 Å². The topological polar surface area (TPSA) is 109 Å². The van der Waals surface area contributed by atoms with Crippen molar-refractivity contribution in [1.29, 1.82) is 0 Å². The van der Waals surface area contributed by atoms with Gasteiger partial charge in [0.15, 0.2) is 11.6 Å². The van der Waals surface area contributed by atoms with E-state index < -0.39 is 0 Å². The molecule has 8 aromatic rings. The summed E-state index contributed by atoms with van der Waals surface area (Å²) in [6.07, 6.45) is 11.7. The molecule has 6 aromatic heterocycles. The lowest BCUT2D eigenvalue weighted by Gasteiger charge is -2.06. The van der Waals surface area contributed by atoms with Crippen LogP contribution < -0.4 is 0 Å². The molecule has 0 saturated heterocycles. The van der Waals surface area contributed by atoms with E-state index in [-0.39, 0.29) is 0 Å². The first-order valence-corrected chi connectivity index (χ1v) is 23.0.